The van der Waals surface area contributed by atoms with Crippen LogP contribution in [-0.2, 0) is 11.2 Å². The molecular weight excluding hydrogens is 236 g/mol. The number of hydrogen-bond acceptors (Lipinski definition) is 2. The number of nitrogens with zero attached hydrogens (tertiary/aromatic N) is 1. The van der Waals surface area contributed by atoms with Gasteiger partial charge < -0.3 is 10.6 Å². The minimum Gasteiger partial charge on any atom is -0.398 e. The molecule has 2 N–H and O–H groups in total. The van der Waals surface area contributed by atoms with Crippen LogP contribution in [0, 0.1) is 0 Å². The number of carbonyl (C=O) groups excluding carboxylic acids is 1. The molecule has 0 radical (unpaired) electrons. The summed E-state index contributed by atoms with van der Waals surface area (Å²) in [4.78, 5) is 14.4. The Morgan fingerprint density at radius 3 is 2.68 bits per heavy atom. The summed E-state index contributed by atoms with van der Waals surface area (Å²) in [7, 11) is 0. The Labute approximate surface area is 115 Å². The maximum Gasteiger partial charge on any atom is 0.227 e. The predicted molar refractivity (Wildman–Crippen MR) is 78.7 cm³/mol. The number of rotatable bonds is 5. The van der Waals surface area contributed by atoms with Gasteiger partial charge in [-0.2, -0.15) is 0 Å². The molecule has 0 bridgehead atoms. The summed E-state index contributed by atoms with van der Waals surface area (Å²) in [6, 6.07) is 7.97. The fourth-order valence-corrected chi connectivity index (χ4v) is 2.77. The van der Waals surface area contributed by atoms with Crippen molar-refractivity contribution in [1.82, 2.24) is 4.90 Å². The molecule has 0 unspecified atom stereocenters. The number of nitrogen functional groups attached to an aromatic ring is 1. The van der Waals surface area contributed by atoms with Crippen LogP contribution in [0.1, 0.15) is 31.2 Å². The van der Waals surface area contributed by atoms with Gasteiger partial charge in [0.05, 0.1) is 6.42 Å². The van der Waals surface area contributed by atoms with E-state index in [0.717, 1.165) is 18.4 Å². The van der Waals surface area contributed by atoms with E-state index in [4.69, 9.17) is 5.73 Å². The summed E-state index contributed by atoms with van der Waals surface area (Å²) in [6.07, 6.45) is 6.87. The molecule has 0 aliphatic heterocycles. The van der Waals surface area contributed by atoms with Gasteiger partial charge in [-0.3, -0.25) is 4.79 Å². The van der Waals surface area contributed by atoms with E-state index in [2.05, 4.69) is 6.58 Å². The van der Waals surface area contributed by atoms with Crippen molar-refractivity contribution >= 4 is 11.6 Å². The molecule has 1 aliphatic rings. The molecule has 2 rings (SSSR count). The quantitative estimate of drug-likeness (QED) is 0.652. The molecule has 1 saturated carbocycles. The maximum atomic E-state index is 12.5. The van der Waals surface area contributed by atoms with Crippen molar-refractivity contribution in [2.75, 3.05) is 12.3 Å². The van der Waals surface area contributed by atoms with Gasteiger partial charge in [0.1, 0.15) is 0 Å². The Kier molecular flexibility index (Phi) is 4.61. The van der Waals surface area contributed by atoms with Crippen LogP contribution in [0.4, 0.5) is 5.69 Å². The van der Waals surface area contributed by atoms with Crippen molar-refractivity contribution < 1.29 is 4.79 Å². The number of amides is 1. The summed E-state index contributed by atoms with van der Waals surface area (Å²) in [5.74, 6) is 0.157. The van der Waals surface area contributed by atoms with Gasteiger partial charge >= 0.3 is 0 Å². The van der Waals surface area contributed by atoms with Crippen molar-refractivity contribution in [3.63, 3.8) is 0 Å². The molecule has 3 nitrogen and oxygen atoms in total. The molecule has 1 fully saturated rings. The molecule has 1 aliphatic carbocycles. The van der Waals surface area contributed by atoms with Crippen LogP contribution in [0.25, 0.3) is 0 Å². The third-order valence-corrected chi connectivity index (χ3v) is 3.81. The second-order valence-corrected chi connectivity index (χ2v) is 5.15. The molecule has 1 aromatic carbocycles. The average molecular weight is 258 g/mol. The number of nitrogens with two attached hydrogens (primary N) is 1. The molecule has 0 saturated heterocycles. The van der Waals surface area contributed by atoms with E-state index in [1.807, 2.05) is 35.2 Å². The fraction of sp³-hybridized carbons (Fsp3) is 0.438. The molecule has 0 atom stereocenters. The summed E-state index contributed by atoms with van der Waals surface area (Å²) >= 11 is 0. The minimum atomic E-state index is 0.157. The second-order valence-electron chi connectivity index (χ2n) is 5.15. The third-order valence-electron chi connectivity index (χ3n) is 3.81. The normalized spacial score (nSPS) is 15.4. The lowest BCUT2D eigenvalue weighted by Crippen LogP contribution is -2.39. The molecular formula is C16H22N2O. The van der Waals surface area contributed by atoms with Crippen LogP contribution in [0.15, 0.2) is 36.9 Å². The van der Waals surface area contributed by atoms with Crippen molar-refractivity contribution in [2.45, 2.75) is 38.1 Å². The number of carbonyl (C=O) groups is 1. The zero-order valence-electron chi connectivity index (χ0n) is 11.3. The van der Waals surface area contributed by atoms with Gasteiger partial charge in [0.25, 0.3) is 0 Å². The average Bonchev–Trinajstić information content (AvgIpc) is 2.92. The minimum absolute atomic E-state index is 0.157. The van der Waals surface area contributed by atoms with Crippen molar-refractivity contribution in [3.05, 3.63) is 42.5 Å². The molecule has 0 heterocycles. The molecule has 1 amide bonds. The summed E-state index contributed by atoms with van der Waals surface area (Å²) in [5.41, 5.74) is 7.52. The highest BCUT2D eigenvalue weighted by molar-refractivity contribution is 5.80. The molecule has 102 valence electrons. The maximum absolute atomic E-state index is 12.5. The smallest absolute Gasteiger partial charge is 0.227 e. The lowest BCUT2D eigenvalue weighted by molar-refractivity contribution is -0.132. The zero-order valence-corrected chi connectivity index (χ0v) is 11.3. The monoisotopic (exact) mass is 258 g/mol. The van der Waals surface area contributed by atoms with E-state index >= 15 is 0 Å². The van der Waals surface area contributed by atoms with Gasteiger partial charge in [0, 0.05) is 18.3 Å². The molecule has 0 spiro atoms. The summed E-state index contributed by atoms with van der Waals surface area (Å²) in [5, 5.41) is 0. The van der Waals surface area contributed by atoms with Gasteiger partial charge in [0.2, 0.25) is 5.91 Å². The van der Waals surface area contributed by atoms with Crippen LogP contribution in [0.2, 0.25) is 0 Å². The number of benzene rings is 1. The van der Waals surface area contributed by atoms with Gasteiger partial charge in [0.15, 0.2) is 0 Å². The van der Waals surface area contributed by atoms with E-state index in [9.17, 15) is 4.79 Å². The first-order chi connectivity index (χ1) is 9.22. The molecule has 0 aromatic heterocycles. The van der Waals surface area contributed by atoms with Crippen LogP contribution in [0.3, 0.4) is 0 Å². The Bertz CT molecular complexity index is 450. The molecule has 1 aromatic rings. The van der Waals surface area contributed by atoms with Crippen molar-refractivity contribution in [1.29, 1.82) is 0 Å². The number of anilines is 1. The molecule has 19 heavy (non-hydrogen) atoms. The first-order valence-corrected chi connectivity index (χ1v) is 6.96. The van der Waals surface area contributed by atoms with E-state index in [-0.39, 0.29) is 5.91 Å². The second kappa shape index (κ2) is 6.41. The van der Waals surface area contributed by atoms with Gasteiger partial charge in [-0.25, -0.2) is 0 Å². The Morgan fingerprint density at radius 1 is 1.37 bits per heavy atom. The van der Waals surface area contributed by atoms with Crippen LogP contribution in [-0.4, -0.2) is 23.4 Å². The lowest BCUT2D eigenvalue weighted by Gasteiger charge is -2.28. The van der Waals surface area contributed by atoms with E-state index in [1.165, 1.54) is 12.8 Å². The highest BCUT2D eigenvalue weighted by atomic mass is 16.2. The van der Waals surface area contributed by atoms with Crippen LogP contribution >= 0.6 is 0 Å². The Hall–Kier alpha value is -1.77. The largest absolute Gasteiger partial charge is 0.398 e. The molecule has 3 heteroatoms. The number of hydrogen-bond donors (Lipinski definition) is 1. The topological polar surface area (TPSA) is 46.3 Å². The van der Waals surface area contributed by atoms with E-state index < -0.39 is 0 Å². The van der Waals surface area contributed by atoms with E-state index in [0.29, 0.717) is 24.7 Å². The Morgan fingerprint density at radius 2 is 2.05 bits per heavy atom. The SMILES string of the molecule is C=CCN(C(=O)Cc1ccccc1N)C1CCCC1. The van der Waals surface area contributed by atoms with Crippen molar-refractivity contribution in [2.24, 2.45) is 0 Å². The zero-order chi connectivity index (χ0) is 13.7. The Balaban J connectivity index is 2.07. The number of para-hydroxylation sites is 1. The van der Waals surface area contributed by atoms with E-state index in [1.54, 1.807) is 0 Å². The predicted octanol–water partition coefficient (Wildman–Crippen LogP) is 2.77. The summed E-state index contributed by atoms with van der Waals surface area (Å²) < 4.78 is 0. The highest BCUT2D eigenvalue weighted by Gasteiger charge is 2.25. The first kappa shape index (κ1) is 13.7. The highest BCUT2D eigenvalue weighted by Crippen LogP contribution is 2.24. The standard InChI is InChI=1S/C16H22N2O/c1-2-11-18(14-8-4-5-9-14)16(19)12-13-7-3-6-10-15(13)17/h2-3,6-7,10,14H,1,4-5,8-9,11-12,17H2. The van der Waals surface area contributed by atoms with Gasteiger partial charge in [-0.15, -0.1) is 6.58 Å². The van der Waals surface area contributed by atoms with Gasteiger partial charge in [-0.05, 0) is 24.5 Å². The van der Waals surface area contributed by atoms with Crippen LogP contribution < -0.4 is 5.73 Å². The van der Waals surface area contributed by atoms with Crippen LogP contribution in [0.5, 0.6) is 0 Å². The summed E-state index contributed by atoms with van der Waals surface area (Å²) in [6.45, 7) is 4.40. The lowest BCUT2D eigenvalue weighted by atomic mass is 10.1. The first-order valence-electron chi connectivity index (χ1n) is 6.96. The van der Waals surface area contributed by atoms with Crippen molar-refractivity contribution in [3.8, 4) is 0 Å². The fourth-order valence-electron chi connectivity index (χ4n) is 2.77. The van der Waals surface area contributed by atoms with Gasteiger partial charge in [-0.1, -0.05) is 37.1 Å². The third kappa shape index (κ3) is 3.37.